The lowest BCUT2D eigenvalue weighted by Gasteiger charge is -2.15. The standard InChI is InChI=1S/C52H32N2OS/c1-3-14-33(15-4-1)36-28-37(40-22-13-23-45-42-20-9-11-24-48(42)55-51(40)45)30-38(29-36)46-32-47(54-52(53-46)34-16-5-2-6-17-34)41-19-8-7-18-39(41)35-26-27-44-43-21-10-12-25-49(43)56-50(44)31-35/h1-32H. The van der Waals surface area contributed by atoms with Gasteiger partial charge in [-0.3, -0.25) is 0 Å². The average molecular weight is 733 g/mol. The van der Waals surface area contributed by atoms with E-state index in [9.17, 15) is 0 Å². The molecule has 3 heterocycles. The molecule has 0 aliphatic heterocycles. The molecule has 0 spiro atoms. The molecule has 11 aromatic rings. The first-order valence-corrected chi connectivity index (χ1v) is 19.6. The third kappa shape index (κ3) is 5.58. The van der Waals surface area contributed by atoms with Crippen LogP contribution in [0.15, 0.2) is 199 Å². The van der Waals surface area contributed by atoms with Gasteiger partial charge in [0.1, 0.15) is 11.2 Å². The van der Waals surface area contributed by atoms with Crippen LogP contribution in [0.1, 0.15) is 0 Å². The van der Waals surface area contributed by atoms with E-state index in [0.717, 1.165) is 83.4 Å². The molecule has 0 aliphatic rings. The molecule has 0 saturated heterocycles. The molecule has 0 amide bonds. The molecule has 262 valence electrons. The highest BCUT2D eigenvalue weighted by atomic mass is 32.1. The van der Waals surface area contributed by atoms with Crippen LogP contribution >= 0.6 is 11.3 Å². The van der Waals surface area contributed by atoms with Crippen molar-refractivity contribution in [1.82, 2.24) is 9.97 Å². The van der Waals surface area contributed by atoms with Gasteiger partial charge in [-0.05, 0) is 70.3 Å². The fourth-order valence-corrected chi connectivity index (χ4v) is 9.15. The maximum absolute atomic E-state index is 6.56. The molecule has 0 radical (unpaired) electrons. The molecule has 56 heavy (non-hydrogen) atoms. The zero-order valence-electron chi connectivity index (χ0n) is 30.2. The van der Waals surface area contributed by atoms with E-state index in [-0.39, 0.29) is 0 Å². The number of benzene rings is 8. The molecule has 8 aromatic carbocycles. The molecular formula is C52H32N2OS. The van der Waals surface area contributed by atoms with E-state index in [1.165, 1.54) is 20.2 Å². The van der Waals surface area contributed by atoms with Gasteiger partial charge in [-0.15, -0.1) is 11.3 Å². The van der Waals surface area contributed by atoms with Crippen molar-refractivity contribution in [3.63, 3.8) is 0 Å². The zero-order valence-corrected chi connectivity index (χ0v) is 31.0. The number of furan rings is 1. The first-order chi connectivity index (χ1) is 27.7. The molecule has 11 rings (SSSR count). The SMILES string of the molecule is c1ccc(-c2cc(-c3cc(-c4ccccc4-c4ccc5c(c4)sc4ccccc45)nc(-c4ccccc4)n3)cc(-c3cccc4c3oc3ccccc34)c2)cc1. The summed E-state index contributed by atoms with van der Waals surface area (Å²) in [4.78, 5) is 10.6. The molecule has 0 bridgehead atoms. The lowest BCUT2D eigenvalue weighted by molar-refractivity contribution is 0.670. The number of fused-ring (bicyclic) bond motifs is 6. The van der Waals surface area contributed by atoms with Crippen LogP contribution in [0.5, 0.6) is 0 Å². The lowest BCUT2D eigenvalue weighted by atomic mass is 9.93. The normalized spacial score (nSPS) is 11.6. The fraction of sp³-hybridized carbons (Fsp3) is 0. The van der Waals surface area contributed by atoms with Gasteiger partial charge in [0.05, 0.1) is 11.4 Å². The van der Waals surface area contributed by atoms with E-state index < -0.39 is 0 Å². The van der Waals surface area contributed by atoms with E-state index in [4.69, 9.17) is 14.4 Å². The molecule has 0 saturated carbocycles. The quantitative estimate of drug-likeness (QED) is 0.171. The van der Waals surface area contributed by atoms with Crippen LogP contribution in [-0.4, -0.2) is 9.97 Å². The molecule has 0 aliphatic carbocycles. The van der Waals surface area contributed by atoms with Gasteiger partial charge < -0.3 is 4.42 Å². The third-order valence-electron chi connectivity index (χ3n) is 10.7. The minimum Gasteiger partial charge on any atom is -0.455 e. The van der Waals surface area contributed by atoms with Crippen LogP contribution in [0.25, 0.3) is 109 Å². The molecular weight excluding hydrogens is 701 g/mol. The van der Waals surface area contributed by atoms with Gasteiger partial charge in [0, 0.05) is 53.2 Å². The highest BCUT2D eigenvalue weighted by Crippen LogP contribution is 2.42. The Hall–Kier alpha value is -7.14. The van der Waals surface area contributed by atoms with Gasteiger partial charge in [0.25, 0.3) is 0 Å². The maximum Gasteiger partial charge on any atom is 0.160 e. The summed E-state index contributed by atoms with van der Waals surface area (Å²) in [5.74, 6) is 0.680. The van der Waals surface area contributed by atoms with Gasteiger partial charge in [0.15, 0.2) is 5.82 Å². The number of aromatic nitrogens is 2. The highest BCUT2D eigenvalue weighted by Gasteiger charge is 2.18. The Labute approximate surface area is 327 Å². The van der Waals surface area contributed by atoms with Crippen LogP contribution in [0.4, 0.5) is 0 Å². The second kappa shape index (κ2) is 13.3. The van der Waals surface area contributed by atoms with Crippen LogP contribution in [-0.2, 0) is 0 Å². The molecule has 0 atom stereocenters. The van der Waals surface area contributed by atoms with E-state index in [1.54, 1.807) is 0 Å². The predicted molar refractivity (Wildman–Crippen MR) is 235 cm³/mol. The summed E-state index contributed by atoms with van der Waals surface area (Å²) in [6.45, 7) is 0. The van der Waals surface area contributed by atoms with Crippen molar-refractivity contribution in [2.24, 2.45) is 0 Å². The van der Waals surface area contributed by atoms with E-state index in [2.05, 4.69) is 164 Å². The minimum absolute atomic E-state index is 0.680. The van der Waals surface area contributed by atoms with Gasteiger partial charge in [-0.2, -0.15) is 0 Å². The zero-order chi connectivity index (χ0) is 37.0. The largest absolute Gasteiger partial charge is 0.455 e. The monoisotopic (exact) mass is 732 g/mol. The summed E-state index contributed by atoms with van der Waals surface area (Å²) < 4.78 is 9.13. The molecule has 3 aromatic heterocycles. The summed E-state index contributed by atoms with van der Waals surface area (Å²) in [6, 6.07) is 68.5. The number of hydrogen-bond donors (Lipinski definition) is 0. The number of nitrogens with zero attached hydrogens (tertiary/aromatic N) is 2. The van der Waals surface area contributed by atoms with Gasteiger partial charge in [-0.25, -0.2) is 9.97 Å². The van der Waals surface area contributed by atoms with Crippen LogP contribution in [0.2, 0.25) is 0 Å². The molecule has 0 unspecified atom stereocenters. The van der Waals surface area contributed by atoms with E-state index in [0.29, 0.717) is 5.82 Å². The lowest BCUT2D eigenvalue weighted by Crippen LogP contribution is -1.97. The van der Waals surface area contributed by atoms with Crippen molar-refractivity contribution in [2.45, 2.75) is 0 Å². The van der Waals surface area contributed by atoms with Gasteiger partial charge in [-0.1, -0.05) is 152 Å². The number of para-hydroxylation sites is 2. The summed E-state index contributed by atoms with van der Waals surface area (Å²) in [5, 5.41) is 4.80. The summed E-state index contributed by atoms with van der Waals surface area (Å²) in [7, 11) is 0. The molecule has 3 nitrogen and oxygen atoms in total. The van der Waals surface area contributed by atoms with Crippen molar-refractivity contribution in [1.29, 1.82) is 0 Å². The minimum atomic E-state index is 0.680. The van der Waals surface area contributed by atoms with Gasteiger partial charge >= 0.3 is 0 Å². The number of rotatable bonds is 6. The van der Waals surface area contributed by atoms with Crippen molar-refractivity contribution >= 4 is 53.4 Å². The first-order valence-electron chi connectivity index (χ1n) is 18.8. The average Bonchev–Trinajstić information content (AvgIpc) is 3.85. The Balaban J connectivity index is 1.13. The maximum atomic E-state index is 6.56. The predicted octanol–water partition coefficient (Wildman–Crippen LogP) is 14.7. The van der Waals surface area contributed by atoms with Gasteiger partial charge in [0.2, 0.25) is 0 Å². The summed E-state index contributed by atoms with van der Waals surface area (Å²) in [6.07, 6.45) is 0. The molecule has 0 N–H and O–H groups in total. The second-order valence-electron chi connectivity index (χ2n) is 14.1. The molecule has 4 heteroatoms. The van der Waals surface area contributed by atoms with E-state index >= 15 is 0 Å². The van der Waals surface area contributed by atoms with Crippen molar-refractivity contribution in [3.8, 4) is 67.3 Å². The summed E-state index contributed by atoms with van der Waals surface area (Å²) in [5.41, 5.74) is 13.1. The smallest absolute Gasteiger partial charge is 0.160 e. The Morgan fingerprint density at radius 1 is 0.339 bits per heavy atom. The highest BCUT2D eigenvalue weighted by molar-refractivity contribution is 7.25. The van der Waals surface area contributed by atoms with Crippen LogP contribution in [0, 0.1) is 0 Å². The Bertz CT molecular complexity index is 3250. The van der Waals surface area contributed by atoms with Crippen molar-refractivity contribution in [2.75, 3.05) is 0 Å². The van der Waals surface area contributed by atoms with Crippen molar-refractivity contribution < 1.29 is 4.42 Å². The Morgan fingerprint density at radius 3 is 1.82 bits per heavy atom. The topological polar surface area (TPSA) is 38.9 Å². The fourth-order valence-electron chi connectivity index (χ4n) is 8.00. The van der Waals surface area contributed by atoms with Crippen LogP contribution in [0.3, 0.4) is 0 Å². The second-order valence-corrected chi connectivity index (χ2v) is 15.2. The number of hydrogen-bond acceptors (Lipinski definition) is 4. The first kappa shape index (κ1) is 32.3. The Morgan fingerprint density at radius 2 is 0.964 bits per heavy atom. The number of thiophene rings is 1. The molecule has 0 fully saturated rings. The Kier molecular flexibility index (Phi) is 7.68. The van der Waals surface area contributed by atoms with Crippen LogP contribution < -0.4 is 0 Å². The summed E-state index contributed by atoms with van der Waals surface area (Å²) >= 11 is 1.84. The van der Waals surface area contributed by atoms with E-state index in [1.807, 2.05) is 41.7 Å². The van der Waals surface area contributed by atoms with Crippen molar-refractivity contribution in [3.05, 3.63) is 194 Å². The third-order valence-corrected chi connectivity index (χ3v) is 11.8.